The Balaban J connectivity index is 1.40. The van der Waals surface area contributed by atoms with Crippen LogP contribution in [0.1, 0.15) is 11.1 Å². The molecule has 0 unspecified atom stereocenters. The Morgan fingerprint density at radius 2 is 2.00 bits per heavy atom. The molecule has 1 aliphatic heterocycles. The van der Waals surface area contributed by atoms with Gasteiger partial charge in [-0.25, -0.2) is 4.79 Å². The van der Waals surface area contributed by atoms with Gasteiger partial charge in [0.2, 0.25) is 0 Å². The maximum absolute atomic E-state index is 12.1. The van der Waals surface area contributed by atoms with Gasteiger partial charge in [0.1, 0.15) is 13.2 Å². The molecule has 0 aliphatic carbocycles. The number of ether oxygens (including phenoxy) is 2. The number of aromatic nitrogens is 1. The van der Waals surface area contributed by atoms with Crippen molar-refractivity contribution in [2.75, 3.05) is 30.0 Å². The summed E-state index contributed by atoms with van der Waals surface area (Å²) < 4.78 is 12.4. The van der Waals surface area contributed by atoms with Gasteiger partial charge < -0.3 is 18.9 Å². The number of benzene rings is 2. The molecule has 1 fully saturated rings. The molecule has 7 heteroatoms. The molecule has 1 aromatic heterocycles. The predicted octanol–water partition coefficient (Wildman–Crippen LogP) is 3.90. The third-order valence-electron chi connectivity index (χ3n) is 4.91. The minimum absolute atomic E-state index is 0.0291. The first-order valence-electron chi connectivity index (χ1n) is 9.75. The van der Waals surface area contributed by atoms with Crippen molar-refractivity contribution >= 4 is 23.4 Å². The van der Waals surface area contributed by atoms with Crippen molar-refractivity contribution in [3.63, 3.8) is 0 Å². The van der Waals surface area contributed by atoms with Crippen LogP contribution < -0.4 is 10.2 Å². The molecule has 1 N–H and O–H groups in total. The number of hydrogen-bond acceptors (Lipinski definition) is 4. The van der Waals surface area contributed by atoms with Gasteiger partial charge in [-0.3, -0.25) is 10.1 Å². The van der Waals surface area contributed by atoms with Crippen molar-refractivity contribution in [2.24, 2.45) is 0 Å². The van der Waals surface area contributed by atoms with E-state index in [1.165, 1.54) is 0 Å². The van der Waals surface area contributed by atoms with Crippen LogP contribution in [0.5, 0.6) is 0 Å². The van der Waals surface area contributed by atoms with Gasteiger partial charge in [0.15, 0.2) is 0 Å². The Bertz CT molecular complexity index is 1050. The van der Waals surface area contributed by atoms with E-state index in [2.05, 4.69) is 5.32 Å². The van der Waals surface area contributed by atoms with Gasteiger partial charge in [0, 0.05) is 30.3 Å². The highest BCUT2D eigenvalue weighted by Gasteiger charge is 2.21. The molecule has 2 aromatic carbocycles. The highest BCUT2D eigenvalue weighted by Crippen LogP contribution is 2.25. The molecule has 3 aromatic rings. The van der Waals surface area contributed by atoms with Crippen LogP contribution in [0.3, 0.4) is 0 Å². The van der Waals surface area contributed by atoms with Crippen LogP contribution in [-0.4, -0.2) is 36.3 Å². The molecule has 30 heavy (non-hydrogen) atoms. The van der Waals surface area contributed by atoms with E-state index in [1.807, 2.05) is 72.4 Å². The summed E-state index contributed by atoms with van der Waals surface area (Å²) in [4.78, 5) is 25.9. The average Bonchev–Trinajstić information content (AvgIpc) is 3.22. The number of morpholine rings is 1. The van der Waals surface area contributed by atoms with E-state index in [0.29, 0.717) is 18.8 Å². The number of carbonyl (C=O) groups is 2. The Labute approximate surface area is 174 Å². The monoisotopic (exact) mass is 405 g/mol. The summed E-state index contributed by atoms with van der Waals surface area (Å²) >= 11 is 0. The molecule has 0 saturated carbocycles. The van der Waals surface area contributed by atoms with Crippen LogP contribution in [0.2, 0.25) is 0 Å². The number of nitrogens with zero attached hydrogens (tertiary/aromatic N) is 2. The van der Waals surface area contributed by atoms with Crippen molar-refractivity contribution in [3.8, 4) is 5.69 Å². The van der Waals surface area contributed by atoms with Crippen molar-refractivity contribution in [1.82, 2.24) is 4.57 Å². The molecule has 0 bridgehead atoms. The lowest BCUT2D eigenvalue weighted by Crippen LogP contribution is -2.42. The molecule has 7 nitrogen and oxygen atoms in total. The molecule has 0 spiro atoms. The number of carbonyl (C=O) groups excluding carboxylic acids is 2. The first-order valence-corrected chi connectivity index (χ1v) is 9.75. The van der Waals surface area contributed by atoms with E-state index in [0.717, 1.165) is 22.5 Å². The van der Waals surface area contributed by atoms with Crippen LogP contribution in [-0.2, 0) is 20.9 Å². The Morgan fingerprint density at radius 1 is 1.17 bits per heavy atom. The summed E-state index contributed by atoms with van der Waals surface area (Å²) in [6.45, 7) is 3.41. The maximum Gasteiger partial charge on any atom is 0.412 e. The predicted molar refractivity (Wildman–Crippen MR) is 114 cm³/mol. The number of hydrogen-bond donors (Lipinski definition) is 1. The summed E-state index contributed by atoms with van der Waals surface area (Å²) in [7, 11) is 0. The zero-order chi connectivity index (χ0) is 20.9. The Kier molecular flexibility index (Phi) is 5.81. The minimum Gasteiger partial charge on any atom is -0.444 e. The molecule has 0 atom stereocenters. The van der Waals surface area contributed by atoms with E-state index in [-0.39, 0.29) is 19.1 Å². The fourth-order valence-electron chi connectivity index (χ4n) is 3.38. The van der Waals surface area contributed by atoms with Crippen LogP contribution in [0, 0.1) is 6.92 Å². The van der Waals surface area contributed by atoms with Gasteiger partial charge in [-0.1, -0.05) is 30.3 Å². The van der Waals surface area contributed by atoms with Gasteiger partial charge in [0.25, 0.3) is 5.91 Å². The Morgan fingerprint density at radius 3 is 2.77 bits per heavy atom. The van der Waals surface area contributed by atoms with Crippen LogP contribution in [0.15, 0.2) is 67.0 Å². The first-order chi connectivity index (χ1) is 14.6. The van der Waals surface area contributed by atoms with Gasteiger partial charge in [-0.2, -0.15) is 0 Å². The second-order valence-electron chi connectivity index (χ2n) is 7.06. The second-order valence-corrected chi connectivity index (χ2v) is 7.06. The van der Waals surface area contributed by atoms with Gasteiger partial charge >= 0.3 is 6.09 Å². The fraction of sp³-hybridized carbons (Fsp3) is 0.217. The lowest BCUT2D eigenvalue weighted by molar-refractivity contribution is -0.125. The van der Waals surface area contributed by atoms with E-state index in [4.69, 9.17) is 9.47 Å². The molecule has 2 amide bonds. The average molecular weight is 405 g/mol. The van der Waals surface area contributed by atoms with E-state index >= 15 is 0 Å². The lowest BCUT2D eigenvalue weighted by Gasteiger charge is -2.28. The fourth-order valence-corrected chi connectivity index (χ4v) is 3.38. The van der Waals surface area contributed by atoms with Crippen LogP contribution >= 0.6 is 0 Å². The number of aryl methyl sites for hydroxylation is 1. The smallest absolute Gasteiger partial charge is 0.412 e. The van der Waals surface area contributed by atoms with Crippen molar-refractivity contribution in [2.45, 2.75) is 13.5 Å². The third-order valence-corrected chi connectivity index (χ3v) is 4.91. The summed E-state index contributed by atoms with van der Waals surface area (Å²) in [5.74, 6) is -0.0291. The van der Waals surface area contributed by atoms with Crippen molar-refractivity contribution < 1.29 is 19.1 Å². The summed E-state index contributed by atoms with van der Waals surface area (Å²) in [5.41, 5.74) is 4.38. The third kappa shape index (κ3) is 4.52. The van der Waals surface area contributed by atoms with Gasteiger partial charge in [-0.15, -0.1) is 0 Å². The van der Waals surface area contributed by atoms with Crippen molar-refractivity contribution in [1.29, 1.82) is 0 Å². The summed E-state index contributed by atoms with van der Waals surface area (Å²) in [6, 6.07) is 17.2. The molecular formula is C23H23N3O4. The molecule has 154 valence electrons. The molecule has 0 radical (unpaired) electrons. The van der Waals surface area contributed by atoms with Gasteiger partial charge in [0.05, 0.1) is 12.3 Å². The lowest BCUT2D eigenvalue weighted by atomic mass is 10.1. The number of nitrogens with one attached hydrogen (secondary N) is 1. The largest absolute Gasteiger partial charge is 0.444 e. The number of rotatable bonds is 5. The molecule has 1 aliphatic rings. The van der Waals surface area contributed by atoms with Crippen LogP contribution in [0.4, 0.5) is 16.2 Å². The molecule has 1 saturated heterocycles. The Hall–Kier alpha value is -3.58. The van der Waals surface area contributed by atoms with Crippen LogP contribution in [0.25, 0.3) is 5.69 Å². The number of amides is 2. The second kappa shape index (κ2) is 8.84. The zero-order valence-corrected chi connectivity index (χ0v) is 16.7. The number of anilines is 2. The first kappa shape index (κ1) is 19.7. The van der Waals surface area contributed by atoms with E-state index < -0.39 is 6.09 Å². The normalized spacial score (nSPS) is 13.9. The SMILES string of the molecule is Cc1cc(-n2ccc(NC(=O)OCc3ccccc3)c2)ccc1N1CCOCC1=O. The molecule has 4 rings (SSSR count). The zero-order valence-electron chi connectivity index (χ0n) is 16.7. The highest BCUT2D eigenvalue weighted by molar-refractivity contribution is 5.95. The molecule has 2 heterocycles. The van der Waals surface area contributed by atoms with E-state index in [9.17, 15) is 9.59 Å². The standard InChI is InChI=1S/C23H23N3O4/c1-17-13-20(7-8-21(17)26-11-12-29-16-22(26)27)25-10-9-19(14-25)24-23(28)30-15-18-5-3-2-4-6-18/h2-10,13-14H,11-12,15-16H2,1H3,(H,24,28). The minimum atomic E-state index is -0.506. The highest BCUT2D eigenvalue weighted by atomic mass is 16.5. The van der Waals surface area contributed by atoms with Gasteiger partial charge in [-0.05, 0) is 42.3 Å². The van der Waals surface area contributed by atoms with E-state index in [1.54, 1.807) is 11.0 Å². The maximum atomic E-state index is 12.1. The topological polar surface area (TPSA) is 72.8 Å². The quantitative estimate of drug-likeness (QED) is 0.699. The molecular weight excluding hydrogens is 382 g/mol. The summed E-state index contributed by atoms with van der Waals surface area (Å²) in [5, 5.41) is 2.74. The van der Waals surface area contributed by atoms with Crippen molar-refractivity contribution in [3.05, 3.63) is 78.1 Å². The summed E-state index contributed by atoms with van der Waals surface area (Å²) in [6.07, 6.45) is 3.17.